The number of aliphatic hydroxyl groups is 1. The number of aromatic nitrogens is 3. The molecule has 3 aromatic rings. The summed E-state index contributed by atoms with van der Waals surface area (Å²) < 4.78 is 2.62. The van der Waals surface area contributed by atoms with Gasteiger partial charge >= 0.3 is 0 Å². The van der Waals surface area contributed by atoms with Crippen LogP contribution in [0, 0.1) is 6.92 Å². The van der Waals surface area contributed by atoms with E-state index in [1.165, 1.54) is 0 Å². The topological polar surface area (TPSA) is 50.9 Å². The summed E-state index contributed by atoms with van der Waals surface area (Å²) in [5, 5.41) is 18.6. The van der Waals surface area contributed by atoms with E-state index in [0.29, 0.717) is 5.69 Å². The van der Waals surface area contributed by atoms with Crippen LogP contribution in [-0.2, 0) is 0 Å². The van der Waals surface area contributed by atoms with Gasteiger partial charge in [0.25, 0.3) is 0 Å². The van der Waals surface area contributed by atoms with Gasteiger partial charge in [0, 0.05) is 4.47 Å². The third kappa shape index (κ3) is 2.75. The van der Waals surface area contributed by atoms with Crippen LogP contribution < -0.4 is 0 Å². The molecule has 0 spiro atoms. The molecule has 5 heteroatoms. The smallest absolute Gasteiger partial charge is 0.123 e. The molecule has 1 N–H and O–H groups in total. The van der Waals surface area contributed by atoms with Gasteiger partial charge in [0.05, 0.1) is 17.6 Å². The number of rotatable bonds is 3. The Morgan fingerprint density at radius 2 is 1.90 bits per heavy atom. The summed E-state index contributed by atoms with van der Waals surface area (Å²) in [6.45, 7) is 2.01. The largest absolute Gasteiger partial charge is 0.382 e. The van der Waals surface area contributed by atoms with Crippen molar-refractivity contribution in [2.45, 2.75) is 13.0 Å². The molecule has 0 saturated carbocycles. The lowest BCUT2D eigenvalue weighted by atomic mass is 10.1. The van der Waals surface area contributed by atoms with Crippen LogP contribution in [0.2, 0.25) is 0 Å². The van der Waals surface area contributed by atoms with Gasteiger partial charge in [0.15, 0.2) is 0 Å². The van der Waals surface area contributed by atoms with Crippen LogP contribution in [0.5, 0.6) is 0 Å². The molecule has 0 amide bonds. The van der Waals surface area contributed by atoms with E-state index < -0.39 is 6.10 Å². The third-order valence-electron chi connectivity index (χ3n) is 3.37. The van der Waals surface area contributed by atoms with Gasteiger partial charge in [-0.15, -0.1) is 5.10 Å². The minimum absolute atomic E-state index is 0.636. The van der Waals surface area contributed by atoms with E-state index in [0.717, 1.165) is 21.3 Å². The van der Waals surface area contributed by atoms with E-state index in [9.17, 15) is 5.11 Å². The Morgan fingerprint density at radius 1 is 1.14 bits per heavy atom. The minimum Gasteiger partial charge on any atom is -0.382 e. The van der Waals surface area contributed by atoms with Crippen molar-refractivity contribution in [2.24, 2.45) is 0 Å². The molecule has 0 fully saturated rings. The van der Waals surface area contributed by atoms with Gasteiger partial charge in [-0.3, -0.25) is 0 Å². The van der Waals surface area contributed by atoms with Crippen LogP contribution in [0.15, 0.2) is 59.2 Å². The highest BCUT2D eigenvalue weighted by Crippen LogP contribution is 2.27. The van der Waals surface area contributed by atoms with Crippen molar-refractivity contribution >= 4 is 15.9 Å². The minimum atomic E-state index is -0.780. The fraction of sp³-hybridized carbons (Fsp3) is 0.125. The van der Waals surface area contributed by atoms with E-state index in [1.807, 2.05) is 55.5 Å². The van der Waals surface area contributed by atoms with Crippen molar-refractivity contribution in [2.75, 3.05) is 0 Å². The average Bonchev–Trinajstić information content (AvgIpc) is 2.99. The molecule has 21 heavy (non-hydrogen) atoms. The number of aryl methyl sites for hydroxylation is 1. The first kappa shape index (κ1) is 14.0. The number of halogens is 1. The zero-order valence-corrected chi connectivity index (χ0v) is 13.0. The predicted octanol–water partition coefficient (Wildman–Crippen LogP) is 3.42. The van der Waals surface area contributed by atoms with Gasteiger partial charge in [-0.1, -0.05) is 51.5 Å². The van der Waals surface area contributed by atoms with E-state index in [-0.39, 0.29) is 0 Å². The molecule has 0 radical (unpaired) electrons. The molecule has 106 valence electrons. The summed E-state index contributed by atoms with van der Waals surface area (Å²) in [7, 11) is 0. The van der Waals surface area contributed by atoms with Gasteiger partial charge in [0.1, 0.15) is 6.10 Å². The van der Waals surface area contributed by atoms with Gasteiger partial charge in [-0.25, -0.2) is 4.68 Å². The van der Waals surface area contributed by atoms with E-state index >= 15 is 0 Å². The van der Waals surface area contributed by atoms with E-state index in [2.05, 4.69) is 26.2 Å². The van der Waals surface area contributed by atoms with Crippen molar-refractivity contribution in [3.05, 3.63) is 76.0 Å². The molecule has 2 aromatic carbocycles. The van der Waals surface area contributed by atoms with Gasteiger partial charge in [-0.05, 0) is 36.2 Å². The highest BCUT2D eigenvalue weighted by molar-refractivity contribution is 9.10. The Balaban J connectivity index is 2.01. The van der Waals surface area contributed by atoms with Crippen LogP contribution >= 0.6 is 15.9 Å². The van der Waals surface area contributed by atoms with Gasteiger partial charge in [-0.2, -0.15) is 0 Å². The second-order valence-corrected chi connectivity index (χ2v) is 5.67. The summed E-state index contributed by atoms with van der Waals surface area (Å²) in [5.74, 6) is 0. The molecule has 0 aliphatic carbocycles. The van der Waals surface area contributed by atoms with Crippen LogP contribution in [0.4, 0.5) is 0 Å². The quantitative estimate of drug-likeness (QED) is 0.792. The number of hydrogen-bond donors (Lipinski definition) is 1. The second-order valence-electron chi connectivity index (χ2n) is 4.82. The number of nitrogens with zero attached hydrogens (tertiary/aromatic N) is 3. The maximum atomic E-state index is 10.6. The maximum Gasteiger partial charge on any atom is 0.123 e. The third-order valence-corrected chi connectivity index (χ3v) is 4.22. The summed E-state index contributed by atoms with van der Waals surface area (Å²) in [4.78, 5) is 0. The zero-order chi connectivity index (χ0) is 14.8. The van der Waals surface area contributed by atoms with E-state index in [1.54, 1.807) is 10.9 Å². The molecule has 1 unspecified atom stereocenters. The van der Waals surface area contributed by atoms with Crippen LogP contribution in [0.25, 0.3) is 5.69 Å². The SMILES string of the molecule is Cc1ccc(C(O)c2cnnn2-c2ccccc2)cc1Br. The first-order valence-corrected chi connectivity index (χ1v) is 7.36. The highest BCUT2D eigenvalue weighted by atomic mass is 79.9. The van der Waals surface area contributed by atoms with Crippen LogP contribution in [0.3, 0.4) is 0 Å². The van der Waals surface area contributed by atoms with Crippen molar-refractivity contribution in [1.82, 2.24) is 15.0 Å². The molecular formula is C16H14BrN3O. The van der Waals surface area contributed by atoms with Crippen molar-refractivity contribution in [1.29, 1.82) is 0 Å². The van der Waals surface area contributed by atoms with Gasteiger partial charge in [0.2, 0.25) is 0 Å². The lowest BCUT2D eigenvalue weighted by molar-refractivity contribution is 0.212. The Kier molecular flexibility index (Phi) is 3.86. The molecule has 0 aliphatic heterocycles. The Hall–Kier alpha value is -1.98. The van der Waals surface area contributed by atoms with E-state index in [4.69, 9.17) is 0 Å². The molecule has 3 rings (SSSR count). The molecule has 4 nitrogen and oxygen atoms in total. The lowest BCUT2D eigenvalue weighted by Crippen LogP contribution is -2.08. The number of para-hydroxylation sites is 1. The second kappa shape index (κ2) is 5.79. The molecule has 0 bridgehead atoms. The van der Waals surface area contributed by atoms with Crippen molar-refractivity contribution < 1.29 is 5.11 Å². The monoisotopic (exact) mass is 343 g/mol. The number of aliphatic hydroxyl groups excluding tert-OH is 1. The summed E-state index contributed by atoms with van der Waals surface area (Å²) in [6.07, 6.45) is 0.808. The predicted molar refractivity (Wildman–Crippen MR) is 84.3 cm³/mol. The molecular weight excluding hydrogens is 330 g/mol. The highest BCUT2D eigenvalue weighted by Gasteiger charge is 2.18. The Bertz CT molecular complexity index is 755. The molecule has 1 aromatic heterocycles. The lowest BCUT2D eigenvalue weighted by Gasteiger charge is -2.13. The number of hydrogen-bond acceptors (Lipinski definition) is 3. The molecule has 0 saturated heterocycles. The number of benzene rings is 2. The first-order valence-electron chi connectivity index (χ1n) is 6.57. The standard InChI is InChI=1S/C16H14BrN3O/c1-11-7-8-12(9-14(11)17)16(21)15-10-18-19-20(15)13-5-3-2-4-6-13/h2-10,16,21H,1H3. The fourth-order valence-corrected chi connectivity index (χ4v) is 2.55. The summed E-state index contributed by atoms with van der Waals surface area (Å²) in [5.41, 5.74) is 3.43. The normalized spacial score (nSPS) is 12.3. The fourth-order valence-electron chi connectivity index (χ4n) is 2.15. The Morgan fingerprint density at radius 3 is 2.62 bits per heavy atom. The average molecular weight is 344 g/mol. The first-order chi connectivity index (χ1) is 10.2. The molecule has 0 aliphatic rings. The van der Waals surface area contributed by atoms with Crippen molar-refractivity contribution in [3.63, 3.8) is 0 Å². The van der Waals surface area contributed by atoms with Crippen molar-refractivity contribution in [3.8, 4) is 5.69 Å². The zero-order valence-electron chi connectivity index (χ0n) is 11.4. The Labute approximate surface area is 131 Å². The van der Waals surface area contributed by atoms with Gasteiger partial charge < -0.3 is 5.11 Å². The molecule has 1 heterocycles. The molecule has 1 atom stereocenters. The summed E-state index contributed by atoms with van der Waals surface area (Å²) >= 11 is 3.49. The maximum absolute atomic E-state index is 10.6. The summed E-state index contributed by atoms with van der Waals surface area (Å²) in [6, 6.07) is 15.4. The van der Waals surface area contributed by atoms with Crippen LogP contribution in [0.1, 0.15) is 22.9 Å². The van der Waals surface area contributed by atoms with Crippen LogP contribution in [-0.4, -0.2) is 20.1 Å².